The van der Waals surface area contributed by atoms with Crippen molar-refractivity contribution in [2.24, 2.45) is 0 Å². The number of hydrogen-bond donors (Lipinski definition) is 3. The third-order valence-corrected chi connectivity index (χ3v) is 2.84. The highest BCUT2D eigenvalue weighted by Crippen LogP contribution is 2.12. The second-order valence-electron chi connectivity index (χ2n) is 4.48. The first-order chi connectivity index (χ1) is 9.33. The number of alkyl halides is 3. The molecule has 1 atom stereocenters. The van der Waals surface area contributed by atoms with Gasteiger partial charge in [-0.3, -0.25) is 14.5 Å². The maximum Gasteiger partial charge on any atom is 0.405 e. The Morgan fingerprint density at radius 2 is 2.05 bits per heavy atom. The van der Waals surface area contributed by atoms with Crippen LogP contribution in [0.5, 0.6) is 0 Å². The molecule has 116 valence electrons. The zero-order valence-corrected chi connectivity index (χ0v) is 11.2. The third kappa shape index (κ3) is 5.74. The number of nitrogens with zero attached hydrogens (tertiary/aromatic N) is 1. The molecule has 0 aliphatic carbocycles. The molecule has 2 amide bonds. The predicted molar refractivity (Wildman–Crippen MR) is 66.0 cm³/mol. The van der Waals surface area contributed by atoms with Crippen molar-refractivity contribution in [1.29, 1.82) is 0 Å². The lowest BCUT2D eigenvalue weighted by atomic mass is 10.1. The Labute approximate surface area is 115 Å². The molecule has 0 aromatic heterocycles. The topological polar surface area (TPSA) is 73.5 Å². The molecule has 0 saturated carbocycles. The summed E-state index contributed by atoms with van der Waals surface area (Å²) in [5.41, 5.74) is 0. The van der Waals surface area contributed by atoms with E-state index in [9.17, 15) is 22.8 Å². The van der Waals surface area contributed by atoms with E-state index in [0.29, 0.717) is 26.2 Å². The van der Waals surface area contributed by atoms with Crippen molar-refractivity contribution in [3.05, 3.63) is 0 Å². The molecular weight excluding hydrogens is 277 g/mol. The Morgan fingerprint density at radius 3 is 2.65 bits per heavy atom. The van der Waals surface area contributed by atoms with Crippen LogP contribution >= 0.6 is 0 Å². The van der Waals surface area contributed by atoms with E-state index in [-0.39, 0.29) is 12.5 Å². The molecule has 1 fully saturated rings. The van der Waals surface area contributed by atoms with E-state index in [1.165, 1.54) is 0 Å². The van der Waals surface area contributed by atoms with E-state index in [0.717, 1.165) is 0 Å². The summed E-state index contributed by atoms with van der Waals surface area (Å²) in [6.07, 6.45) is -4.43. The zero-order chi connectivity index (χ0) is 15.2. The molecule has 0 radical (unpaired) electrons. The molecule has 1 heterocycles. The normalized spacial score (nSPS) is 20.5. The number of carbonyl (C=O) groups is 2. The summed E-state index contributed by atoms with van der Waals surface area (Å²) in [5.74, 6) is -0.971. The number of likely N-dealkylation sites (N-methyl/N-ethyl adjacent to an activating group) is 1. The summed E-state index contributed by atoms with van der Waals surface area (Å²) < 4.78 is 36.0. The largest absolute Gasteiger partial charge is 0.405 e. The molecule has 1 aliphatic rings. The van der Waals surface area contributed by atoms with Gasteiger partial charge < -0.3 is 16.0 Å². The SMILES string of the molecule is CCNC(=O)C1CNCCN1CC(=O)NCC(F)(F)F. The average Bonchev–Trinajstić information content (AvgIpc) is 2.36. The minimum absolute atomic E-state index is 0.223. The molecule has 6 nitrogen and oxygen atoms in total. The number of rotatable bonds is 5. The summed E-state index contributed by atoms with van der Waals surface area (Å²) in [5, 5.41) is 7.47. The van der Waals surface area contributed by atoms with E-state index in [4.69, 9.17) is 0 Å². The van der Waals surface area contributed by atoms with Crippen LogP contribution in [0.25, 0.3) is 0 Å². The Kier molecular flexibility index (Phi) is 6.21. The summed E-state index contributed by atoms with van der Waals surface area (Å²) >= 11 is 0. The van der Waals surface area contributed by atoms with Crippen LogP contribution in [0.1, 0.15) is 6.92 Å². The van der Waals surface area contributed by atoms with Crippen molar-refractivity contribution in [3.63, 3.8) is 0 Å². The second-order valence-corrected chi connectivity index (χ2v) is 4.48. The number of amides is 2. The maximum absolute atomic E-state index is 12.0. The molecule has 20 heavy (non-hydrogen) atoms. The van der Waals surface area contributed by atoms with Crippen LogP contribution in [-0.4, -0.2) is 68.2 Å². The van der Waals surface area contributed by atoms with Gasteiger partial charge in [0, 0.05) is 26.2 Å². The van der Waals surface area contributed by atoms with Crippen molar-refractivity contribution in [2.75, 3.05) is 39.3 Å². The molecular formula is C11H19F3N4O2. The number of halogens is 3. The molecule has 0 aromatic rings. The van der Waals surface area contributed by atoms with Crippen LogP contribution in [0.4, 0.5) is 13.2 Å². The van der Waals surface area contributed by atoms with Gasteiger partial charge in [-0.2, -0.15) is 13.2 Å². The van der Waals surface area contributed by atoms with E-state index in [2.05, 4.69) is 10.6 Å². The maximum atomic E-state index is 12.0. The summed E-state index contributed by atoms with van der Waals surface area (Å²) in [6.45, 7) is 2.05. The van der Waals surface area contributed by atoms with Gasteiger partial charge in [-0.15, -0.1) is 0 Å². The second kappa shape index (κ2) is 7.44. The van der Waals surface area contributed by atoms with Crippen LogP contribution in [0.3, 0.4) is 0 Å². The molecule has 1 rings (SSSR count). The molecule has 0 bridgehead atoms. The number of hydrogen-bond acceptors (Lipinski definition) is 4. The minimum atomic E-state index is -4.43. The van der Waals surface area contributed by atoms with Gasteiger partial charge in [0.2, 0.25) is 11.8 Å². The zero-order valence-electron chi connectivity index (χ0n) is 11.2. The van der Waals surface area contributed by atoms with Crippen LogP contribution in [0.2, 0.25) is 0 Å². The standard InChI is InChI=1S/C11H19F3N4O2/c1-2-16-10(20)8-5-15-3-4-18(8)6-9(19)17-7-11(12,13)14/h8,15H,2-7H2,1H3,(H,16,20)(H,17,19). The fourth-order valence-electron chi connectivity index (χ4n) is 1.93. The van der Waals surface area contributed by atoms with Gasteiger partial charge in [0.1, 0.15) is 12.6 Å². The van der Waals surface area contributed by atoms with Gasteiger partial charge in [0.05, 0.1) is 6.54 Å². The Morgan fingerprint density at radius 1 is 1.35 bits per heavy atom. The summed E-state index contributed by atoms with van der Waals surface area (Å²) in [4.78, 5) is 24.9. The van der Waals surface area contributed by atoms with Crippen molar-refractivity contribution in [2.45, 2.75) is 19.1 Å². The third-order valence-electron chi connectivity index (χ3n) is 2.84. The van der Waals surface area contributed by atoms with Crippen LogP contribution < -0.4 is 16.0 Å². The van der Waals surface area contributed by atoms with E-state index in [1.54, 1.807) is 17.1 Å². The van der Waals surface area contributed by atoms with Gasteiger partial charge in [0.15, 0.2) is 0 Å². The monoisotopic (exact) mass is 296 g/mol. The summed E-state index contributed by atoms with van der Waals surface area (Å²) in [6, 6.07) is -0.541. The molecule has 0 aromatic carbocycles. The van der Waals surface area contributed by atoms with Gasteiger partial charge in [-0.25, -0.2) is 0 Å². The van der Waals surface area contributed by atoms with Gasteiger partial charge in [-0.05, 0) is 6.92 Å². The van der Waals surface area contributed by atoms with Gasteiger partial charge >= 0.3 is 6.18 Å². The lowest BCUT2D eigenvalue weighted by Crippen LogP contribution is -2.59. The first-order valence-corrected chi connectivity index (χ1v) is 6.39. The quantitative estimate of drug-likeness (QED) is 0.613. The smallest absolute Gasteiger partial charge is 0.355 e. The van der Waals surface area contributed by atoms with E-state index < -0.39 is 24.7 Å². The first kappa shape index (κ1) is 16.7. The van der Waals surface area contributed by atoms with E-state index in [1.807, 2.05) is 0 Å². The minimum Gasteiger partial charge on any atom is -0.355 e. The van der Waals surface area contributed by atoms with Crippen molar-refractivity contribution in [3.8, 4) is 0 Å². The highest BCUT2D eigenvalue weighted by molar-refractivity contribution is 5.84. The lowest BCUT2D eigenvalue weighted by molar-refractivity contribution is -0.140. The lowest BCUT2D eigenvalue weighted by Gasteiger charge is -2.34. The molecule has 1 saturated heterocycles. The summed E-state index contributed by atoms with van der Waals surface area (Å²) in [7, 11) is 0. The molecule has 1 aliphatic heterocycles. The first-order valence-electron chi connectivity index (χ1n) is 6.39. The number of carbonyl (C=O) groups excluding carboxylic acids is 2. The average molecular weight is 296 g/mol. The number of piperazine rings is 1. The predicted octanol–water partition coefficient (Wildman–Crippen LogP) is -0.925. The fourth-order valence-corrected chi connectivity index (χ4v) is 1.93. The van der Waals surface area contributed by atoms with Crippen LogP contribution in [-0.2, 0) is 9.59 Å². The van der Waals surface area contributed by atoms with Gasteiger partial charge in [0.25, 0.3) is 0 Å². The van der Waals surface area contributed by atoms with Crippen LogP contribution in [0.15, 0.2) is 0 Å². The highest BCUT2D eigenvalue weighted by atomic mass is 19.4. The van der Waals surface area contributed by atoms with Crippen molar-refractivity contribution in [1.82, 2.24) is 20.9 Å². The van der Waals surface area contributed by atoms with Crippen LogP contribution in [0, 0.1) is 0 Å². The van der Waals surface area contributed by atoms with Crippen molar-refractivity contribution < 1.29 is 22.8 Å². The highest BCUT2D eigenvalue weighted by Gasteiger charge is 2.31. The Balaban J connectivity index is 2.49. The Bertz CT molecular complexity index is 349. The molecule has 3 N–H and O–H groups in total. The molecule has 1 unspecified atom stereocenters. The van der Waals surface area contributed by atoms with Gasteiger partial charge in [-0.1, -0.05) is 0 Å². The Hall–Kier alpha value is -1.35. The molecule has 0 spiro atoms. The van der Waals surface area contributed by atoms with Crippen molar-refractivity contribution >= 4 is 11.8 Å². The fraction of sp³-hybridized carbons (Fsp3) is 0.818. The number of nitrogens with one attached hydrogen (secondary N) is 3. The molecule has 9 heteroatoms. The van der Waals surface area contributed by atoms with E-state index >= 15 is 0 Å².